The molecule has 0 fully saturated rings. The van der Waals surface area contributed by atoms with Gasteiger partial charge in [-0.15, -0.1) is 0 Å². The zero-order chi connectivity index (χ0) is 22.9. The average Bonchev–Trinajstić information content (AvgIpc) is 3.12. The molecule has 1 aliphatic rings. The number of carbonyl (C=O) groups excluding carboxylic acids is 1. The highest BCUT2D eigenvalue weighted by Gasteiger charge is 2.29. The molecule has 10 heteroatoms. The predicted octanol–water partition coefficient (Wildman–Crippen LogP) is 3.99. The summed E-state index contributed by atoms with van der Waals surface area (Å²) in [5.41, 5.74) is 3.79. The standard InChI is InChI=1S/C21H31N5O4S/c1-12(2)16-7-14(5)8-17(13(3)4)19(16)24-21(27)25-31(22,28)18-9-23-26-10-15(29-6)11-30-20(18)26/h7-9,12-13,15H,10-11H2,1-6H3,(H3,22,24,25,27,28)/t15-,31?/m0/s1. The highest BCUT2D eigenvalue weighted by Crippen LogP contribution is 2.34. The van der Waals surface area contributed by atoms with E-state index in [1.54, 1.807) is 7.11 Å². The van der Waals surface area contributed by atoms with Gasteiger partial charge in [0, 0.05) is 12.8 Å². The highest BCUT2D eigenvalue weighted by molar-refractivity contribution is 7.91. The van der Waals surface area contributed by atoms with Crippen LogP contribution in [0.2, 0.25) is 0 Å². The lowest BCUT2D eigenvalue weighted by Gasteiger charge is -2.24. The molecule has 2 aromatic rings. The van der Waals surface area contributed by atoms with Crippen LogP contribution in [-0.2, 0) is 21.2 Å². The third-order valence-corrected chi connectivity index (χ3v) is 6.62. The minimum Gasteiger partial charge on any atom is -0.474 e. The van der Waals surface area contributed by atoms with Gasteiger partial charge in [-0.05, 0) is 29.9 Å². The Morgan fingerprint density at radius 2 is 1.90 bits per heavy atom. The van der Waals surface area contributed by atoms with E-state index in [1.165, 1.54) is 10.9 Å². The van der Waals surface area contributed by atoms with Gasteiger partial charge in [0.05, 0.1) is 12.7 Å². The number of rotatable bonds is 6. The van der Waals surface area contributed by atoms with Gasteiger partial charge in [-0.2, -0.15) is 5.10 Å². The van der Waals surface area contributed by atoms with Crippen molar-refractivity contribution in [3.05, 3.63) is 35.0 Å². The number of fused-ring (bicyclic) bond motifs is 1. The summed E-state index contributed by atoms with van der Waals surface area (Å²) in [5, 5.41) is 6.98. The van der Waals surface area contributed by atoms with Crippen molar-refractivity contribution in [1.29, 1.82) is 4.78 Å². The monoisotopic (exact) mass is 449 g/mol. The number of benzene rings is 1. The van der Waals surface area contributed by atoms with E-state index in [1.807, 2.05) is 19.1 Å². The van der Waals surface area contributed by atoms with E-state index in [4.69, 9.17) is 14.3 Å². The van der Waals surface area contributed by atoms with Crippen molar-refractivity contribution in [2.75, 3.05) is 19.0 Å². The maximum Gasteiger partial charge on any atom is 0.331 e. The van der Waals surface area contributed by atoms with Crippen molar-refractivity contribution in [2.45, 2.75) is 64.0 Å². The molecule has 2 amide bonds. The van der Waals surface area contributed by atoms with Gasteiger partial charge in [-0.3, -0.25) is 0 Å². The van der Waals surface area contributed by atoms with Crippen LogP contribution in [0.3, 0.4) is 0 Å². The number of anilines is 1. The van der Waals surface area contributed by atoms with E-state index in [0.717, 1.165) is 16.7 Å². The van der Waals surface area contributed by atoms with E-state index in [2.05, 4.69) is 42.8 Å². The first-order chi connectivity index (χ1) is 14.5. The zero-order valence-corrected chi connectivity index (χ0v) is 19.6. The molecule has 0 saturated heterocycles. The molecule has 1 aromatic carbocycles. The van der Waals surface area contributed by atoms with Gasteiger partial charge in [-0.25, -0.2) is 23.2 Å². The van der Waals surface area contributed by atoms with Crippen molar-refractivity contribution in [1.82, 2.24) is 14.5 Å². The molecule has 0 saturated carbocycles. The molecule has 0 spiro atoms. The lowest BCUT2D eigenvalue weighted by Crippen LogP contribution is -2.35. The molecule has 0 radical (unpaired) electrons. The van der Waals surface area contributed by atoms with Crippen molar-refractivity contribution in [2.24, 2.45) is 0 Å². The molecule has 1 aliphatic heterocycles. The predicted molar refractivity (Wildman–Crippen MR) is 119 cm³/mol. The van der Waals surface area contributed by atoms with Gasteiger partial charge in [0.15, 0.2) is 9.92 Å². The van der Waals surface area contributed by atoms with E-state index in [-0.39, 0.29) is 35.3 Å². The van der Waals surface area contributed by atoms with Crippen LogP contribution in [0.15, 0.2) is 23.2 Å². The lowest BCUT2D eigenvalue weighted by molar-refractivity contribution is 0.0165. The van der Waals surface area contributed by atoms with Crippen molar-refractivity contribution < 1.29 is 18.5 Å². The summed E-state index contributed by atoms with van der Waals surface area (Å²) in [6, 6.07) is 3.37. The minimum absolute atomic E-state index is 0.0364. The van der Waals surface area contributed by atoms with Crippen LogP contribution in [0.1, 0.15) is 56.2 Å². The average molecular weight is 450 g/mol. The van der Waals surface area contributed by atoms with Gasteiger partial charge in [0.25, 0.3) is 0 Å². The van der Waals surface area contributed by atoms with E-state index in [0.29, 0.717) is 12.2 Å². The van der Waals surface area contributed by atoms with Gasteiger partial charge in [-0.1, -0.05) is 45.4 Å². The second-order valence-corrected chi connectivity index (χ2v) is 10.2. The molecule has 1 aromatic heterocycles. The Kier molecular flexibility index (Phi) is 6.61. The van der Waals surface area contributed by atoms with Crippen molar-refractivity contribution in [3.63, 3.8) is 0 Å². The largest absolute Gasteiger partial charge is 0.474 e. The molecule has 2 heterocycles. The molecule has 0 bridgehead atoms. The van der Waals surface area contributed by atoms with Crippen LogP contribution >= 0.6 is 0 Å². The van der Waals surface area contributed by atoms with Crippen LogP contribution in [0, 0.1) is 11.7 Å². The Morgan fingerprint density at radius 3 is 2.45 bits per heavy atom. The van der Waals surface area contributed by atoms with E-state index in [9.17, 15) is 9.00 Å². The van der Waals surface area contributed by atoms with E-state index >= 15 is 0 Å². The first-order valence-electron chi connectivity index (χ1n) is 10.3. The molecular formula is C21H31N5O4S. The van der Waals surface area contributed by atoms with E-state index < -0.39 is 15.9 Å². The normalized spacial score (nSPS) is 17.7. The summed E-state index contributed by atoms with van der Waals surface area (Å²) in [7, 11) is -2.11. The Morgan fingerprint density at radius 1 is 1.29 bits per heavy atom. The number of hydrogen-bond donors (Lipinski definition) is 3. The molecule has 2 atom stereocenters. The summed E-state index contributed by atoms with van der Waals surface area (Å²) >= 11 is 0. The second-order valence-electron chi connectivity index (χ2n) is 8.40. The third kappa shape index (κ3) is 4.85. The number of ether oxygens (including phenoxy) is 2. The van der Waals surface area contributed by atoms with Crippen LogP contribution in [-0.4, -0.2) is 39.8 Å². The smallest absolute Gasteiger partial charge is 0.331 e. The summed E-state index contributed by atoms with van der Waals surface area (Å²) in [5.74, 6) is 0.574. The maximum absolute atomic E-state index is 13.1. The molecule has 3 rings (SSSR count). The molecule has 3 N–H and O–H groups in total. The number of nitrogens with one attached hydrogen (secondary N) is 3. The molecule has 170 valence electrons. The molecule has 9 nitrogen and oxygen atoms in total. The Labute approximate surface area is 183 Å². The van der Waals surface area contributed by atoms with Crippen molar-refractivity contribution in [3.8, 4) is 5.88 Å². The third-order valence-electron chi connectivity index (χ3n) is 5.25. The summed E-state index contributed by atoms with van der Waals surface area (Å²) in [6.45, 7) is 10.9. The number of carbonyl (C=O) groups is 1. The molecule has 1 unspecified atom stereocenters. The van der Waals surface area contributed by atoms with Gasteiger partial charge >= 0.3 is 6.03 Å². The van der Waals surface area contributed by atoms with Gasteiger partial charge in [0.2, 0.25) is 5.88 Å². The number of aryl methyl sites for hydroxylation is 1. The number of methoxy groups -OCH3 is 1. The SMILES string of the molecule is CO[C@@H]1COc2c(S(=N)(=O)NC(=O)Nc3c(C(C)C)cc(C)cc3C(C)C)cnn2C1. The quantitative estimate of drug-likeness (QED) is 0.616. The molecular weight excluding hydrogens is 418 g/mol. The Hall–Kier alpha value is -2.59. The van der Waals surface area contributed by atoms with Crippen LogP contribution < -0.4 is 14.8 Å². The summed E-state index contributed by atoms with van der Waals surface area (Å²) < 4.78 is 36.1. The highest BCUT2D eigenvalue weighted by atomic mass is 32.2. The number of urea groups is 1. The van der Waals surface area contributed by atoms with Gasteiger partial charge in [0.1, 0.15) is 17.6 Å². The van der Waals surface area contributed by atoms with Crippen LogP contribution in [0.5, 0.6) is 5.88 Å². The minimum atomic E-state index is -3.69. The van der Waals surface area contributed by atoms with Crippen LogP contribution in [0.4, 0.5) is 10.5 Å². The number of aromatic nitrogens is 2. The topological polar surface area (TPSA) is 118 Å². The fourth-order valence-corrected chi connectivity index (χ4v) is 4.64. The number of hydrogen-bond acceptors (Lipinski definition) is 6. The first-order valence-corrected chi connectivity index (χ1v) is 11.8. The number of nitrogens with zero attached hydrogens (tertiary/aromatic N) is 2. The fourth-order valence-electron chi connectivity index (χ4n) is 3.61. The molecule has 31 heavy (non-hydrogen) atoms. The Bertz CT molecular complexity index is 1050. The molecule has 0 aliphatic carbocycles. The van der Waals surface area contributed by atoms with Crippen LogP contribution in [0.25, 0.3) is 0 Å². The zero-order valence-electron chi connectivity index (χ0n) is 18.8. The Balaban J connectivity index is 1.86. The van der Waals surface area contributed by atoms with Gasteiger partial charge < -0.3 is 14.8 Å². The summed E-state index contributed by atoms with van der Waals surface area (Å²) in [6.07, 6.45) is 1.12. The summed E-state index contributed by atoms with van der Waals surface area (Å²) in [4.78, 5) is 12.9. The fraction of sp³-hybridized carbons (Fsp3) is 0.524. The van der Waals surface area contributed by atoms with Crippen molar-refractivity contribution >= 4 is 21.6 Å². The lowest BCUT2D eigenvalue weighted by atomic mass is 9.90. The maximum atomic E-state index is 13.1. The first kappa shape index (κ1) is 23.1. The number of amides is 2. The second kappa shape index (κ2) is 8.88.